The third-order valence-corrected chi connectivity index (χ3v) is 7.31. The Morgan fingerprint density at radius 3 is 2.67 bits per heavy atom. The Bertz CT molecular complexity index is 753. The smallest absolute Gasteiger partial charge is 0.260 e. The first-order valence-electron chi connectivity index (χ1n) is 8.36. The maximum Gasteiger partial charge on any atom is 0.260 e. The molecule has 1 unspecified atom stereocenters. The van der Waals surface area contributed by atoms with Gasteiger partial charge < -0.3 is 17.2 Å². The topological polar surface area (TPSA) is 111 Å². The summed E-state index contributed by atoms with van der Waals surface area (Å²) in [6.07, 6.45) is 4.09. The minimum Gasteiger partial charge on any atom is -0.397 e. The zero-order chi connectivity index (χ0) is 17.4. The van der Waals surface area contributed by atoms with Gasteiger partial charge in [0.1, 0.15) is 15.7 Å². The Kier molecular flexibility index (Phi) is 5.48. The Hall–Kier alpha value is -0.710. The quantitative estimate of drug-likeness (QED) is 0.450. The maximum atomic E-state index is 11.7. The highest BCUT2D eigenvalue weighted by Gasteiger charge is 2.34. The first kappa shape index (κ1) is 18.1. The minimum absolute atomic E-state index is 0.0888. The summed E-state index contributed by atoms with van der Waals surface area (Å²) in [6, 6.07) is 0.297. The average Bonchev–Trinajstić information content (AvgIpc) is 2.88. The number of alkyl halides is 1. The first-order chi connectivity index (χ1) is 11.4. The average molecular weight is 461 g/mol. The summed E-state index contributed by atoms with van der Waals surface area (Å²) in [4.78, 5) is 19.5. The summed E-state index contributed by atoms with van der Waals surface area (Å²) in [5.41, 5.74) is 19.6. The SMILES string of the molecule is CCCC1=c2c(N)c(C(N)=O)sc2=NC(N2CCC(N)CC2)[C@@H]1I. The van der Waals surface area contributed by atoms with E-state index in [1.165, 1.54) is 16.9 Å². The van der Waals surface area contributed by atoms with E-state index in [-0.39, 0.29) is 10.1 Å². The molecule has 6 nitrogen and oxygen atoms in total. The van der Waals surface area contributed by atoms with Crippen molar-refractivity contribution in [2.45, 2.75) is 48.7 Å². The van der Waals surface area contributed by atoms with E-state index >= 15 is 0 Å². The Morgan fingerprint density at radius 1 is 1.42 bits per heavy atom. The molecule has 3 rings (SSSR count). The van der Waals surface area contributed by atoms with Gasteiger partial charge in [0.2, 0.25) is 0 Å². The largest absolute Gasteiger partial charge is 0.397 e. The van der Waals surface area contributed by atoms with Gasteiger partial charge in [0.25, 0.3) is 5.91 Å². The van der Waals surface area contributed by atoms with Gasteiger partial charge >= 0.3 is 0 Å². The lowest BCUT2D eigenvalue weighted by molar-refractivity contribution is 0.100. The molecule has 2 aliphatic heterocycles. The van der Waals surface area contributed by atoms with E-state index in [4.69, 9.17) is 22.2 Å². The van der Waals surface area contributed by atoms with Crippen LogP contribution in [0.25, 0.3) is 5.57 Å². The van der Waals surface area contributed by atoms with Crippen molar-refractivity contribution >= 4 is 51.1 Å². The fourth-order valence-corrected chi connectivity index (χ4v) is 5.75. The second-order valence-corrected chi connectivity index (χ2v) is 8.82. The van der Waals surface area contributed by atoms with Crippen LogP contribution in [0.1, 0.15) is 42.3 Å². The summed E-state index contributed by atoms with van der Waals surface area (Å²) in [5, 5.41) is 0.958. The van der Waals surface area contributed by atoms with E-state index in [0.29, 0.717) is 16.6 Å². The van der Waals surface area contributed by atoms with Gasteiger partial charge in [-0.1, -0.05) is 35.9 Å². The highest BCUT2D eigenvalue weighted by atomic mass is 127. The van der Waals surface area contributed by atoms with Gasteiger partial charge in [-0.25, -0.2) is 0 Å². The number of likely N-dealkylation sites (tertiary alicyclic amines) is 1. The van der Waals surface area contributed by atoms with Crippen molar-refractivity contribution in [1.29, 1.82) is 0 Å². The number of nitrogens with zero attached hydrogens (tertiary/aromatic N) is 2. The van der Waals surface area contributed by atoms with Crippen LogP contribution in [-0.4, -0.2) is 40.0 Å². The normalized spacial score (nSPS) is 25.4. The number of hydrogen-bond donors (Lipinski definition) is 3. The van der Waals surface area contributed by atoms with Crippen molar-refractivity contribution in [3.63, 3.8) is 0 Å². The predicted octanol–water partition coefficient (Wildman–Crippen LogP) is 0.566. The number of carbonyl (C=O) groups is 1. The Labute approximate surface area is 159 Å². The number of carbonyl (C=O) groups excluding carboxylic acids is 1. The summed E-state index contributed by atoms with van der Waals surface area (Å²) >= 11 is 3.81. The van der Waals surface area contributed by atoms with Gasteiger partial charge in [0, 0.05) is 24.4 Å². The number of nitrogen functional groups attached to an aromatic ring is 1. The van der Waals surface area contributed by atoms with E-state index in [9.17, 15) is 4.79 Å². The molecule has 0 aliphatic carbocycles. The number of amides is 1. The number of nitrogens with two attached hydrogens (primary N) is 3. The fourth-order valence-electron chi connectivity index (χ4n) is 3.50. The molecule has 3 heterocycles. The van der Waals surface area contributed by atoms with Crippen LogP contribution in [0.4, 0.5) is 5.69 Å². The number of hydrogen-bond acceptors (Lipinski definition) is 6. The van der Waals surface area contributed by atoms with Gasteiger partial charge in [0.15, 0.2) is 0 Å². The number of anilines is 1. The molecule has 0 bridgehead atoms. The lowest BCUT2D eigenvalue weighted by atomic mass is 9.98. The second-order valence-electron chi connectivity index (χ2n) is 6.48. The highest BCUT2D eigenvalue weighted by molar-refractivity contribution is 14.1. The van der Waals surface area contributed by atoms with Gasteiger partial charge in [0.05, 0.1) is 9.61 Å². The first-order valence-corrected chi connectivity index (χ1v) is 10.4. The maximum absolute atomic E-state index is 11.7. The third kappa shape index (κ3) is 3.21. The van der Waals surface area contributed by atoms with E-state index in [1.54, 1.807) is 0 Å². The number of primary amides is 1. The van der Waals surface area contributed by atoms with Crippen LogP contribution in [-0.2, 0) is 0 Å². The van der Waals surface area contributed by atoms with Gasteiger partial charge in [-0.2, -0.15) is 0 Å². The Balaban J connectivity index is 2.09. The zero-order valence-electron chi connectivity index (χ0n) is 13.8. The molecule has 6 N–H and O–H groups in total. The van der Waals surface area contributed by atoms with Crippen LogP contribution in [0.3, 0.4) is 0 Å². The molecule has 132 valence electrons. The summed E-state index contributed by atoms with van der Waals surface area (Å²) in [5.74, 6) is -0.469. The molecule has 1 aromatic heterocycles. The lowest BCUT2D eigenvalue weighted by Gasteiger charge is -2.38. The van der Waals surface area contributed by atoms with Crippen LogP contribution in [0, 0.1) is 0 Å². The van der Waals surface area contributed by atoms with E-state index < -0.39 is 5.91 Å². The highest BCUT2D eigenvalue weighted by Crippen LogP contribution is 2.30. The van der Waals surface area contributed by atoms with E-state index in [2.05, 4.69) is 34.4 Å². The molecule has 0 aromatic carbocycles. The molecule has 8 heteroatoms. The van der Waals surface area contributed by atoms with Crippen molar-refractivity contribution in [3.05, 3.63) is 14.8 Å². The van der Waals surface area contributed by atoms with Crippen molar-refractivity contribution in [3.8, 4) is 0 Å². The fraction of sp³-hybridized carbons (Fsp3) is 0.625. The molecule has 0 spiro atoms. The lowest BCUT2D eigenvalue weighted by Crippen LogP contribution is -2.51. The molecule has 0 saturated carbocycles. The van der Waals surface area contributed by atoms with Crippen LogP contribution in [0.15, 0.2) is 4.99 Å². The Morgan fingerprint density at radius 2 is 2.08 bits per heavy atom. The second kappa shape index (κ2) is 7.27. The molecule has 0 radical (unpaired) electrons. The monoisotopic (exact) mass is 461 g/mol. The van der Waals surface area contributed by atoms with Gasteiger partial charge in [-0.15, -0.1) is 11.3 Å². The van der Waals surface area contributed by atoms with Gasteiger partial charge in [-0.05, 0) is 24.8 Å². The van der Waals surface area contributed by atoms with Gasteiger partial charge in [-0.3, -0.25) is 14.7 Å². The molecule has 24 heavy (non-hydrogen) atoms. The summed E-state index contributed by atoms with van der Waals surface area (Å²) in [6.45, 7) is 4.09. The molecule has 2 aliphatic rings. The third-order valence-electron chi connectivity index (χ3n) is 4.78. The van der Waals surface area contributed by atoms with Crippen molar-refractivity contribution in [2.75, 3.05) is 18.8 Å². The van der Waals surface area contributed by atoms with Crippen molar-refractivity contribution in [1.82, 2.24) is 4.90 Å². The number of halogens is 1. The predicted molar refractivity (Wildman–Crippen MR) is 107 cm³/mol. The molecular formula is C16H24IN5OS. The number of thiophene rings is 1. The van der Waals surface area contributed by atoms with Crippen molar-refractivity contribution in [2.24, 2.45) is 16.5 Å². The van der Waals surface area contributed by atoms with E-state index in [0.717, 1.165) is 48.7 Å². The molecule has 1 fully saturated rings. The van der Waals surface area contributed by atoms with Crippen LogP contribution in [0.2, 0.25) is 0 Å². The minimum atomic E-state index is -0.469. The van der Waals surface area contributed by atoms with Crippen LogP contribution >= 0.6 is 33.9 Å². The number of piperidine rings is 1. The number of fused-ring (bicyclic) bond motifs is 1. The molecule has 1 saturated heterocycles. The van der Waals surface area contributed by atoms with Crippen LogP contribution < -0.4 is 27.1 Å². The zero-order valence-corrected chi connectivity index (χ0v) is 16.8. The molecule has 1 amide bonds. The van der Waals surface area contributed by atoms with Crippen molar-refractivity contribution < 1.29 is 4.79 Å². The van der Waals surface area contributed by atoms with E-state index in [1.807, 2.05) is 0 Å². The summed E-state index contributed by atoms with van der Waals surface area (Å²) < 4.78 is 1.11. The summed E-state index contributed by atoms with van der Waals surface area (Å²) in [7, 11) is 0. The molecule has 2 atom stereocenters. The number of rotatable bonds is 4. The van der Waals surface area contributed by atoms with Crippen LogP contribution in [0.5, 0.6) is 0 Å². The molecule has 1 aromatic rings. The standard InChI is InChI=1S/C16H24IN5OS/c1-2-3-9-10-12(19)13(14(20)23)24-16(10)21-15(11(9)17)22-6-4-8(18)5-7-22/h8,11,15H,2-7,18-19H2,1H3,(H2,20,23)/t11-,15?/m1/s1. The molecular weight excluding hydrogens is 437 g/mol.